The van der Waals surface area contributed by atoms with Crippen molar-refractivity contribution < 1.29 is 9.59 Å². The molecule has 30 heavy (non-hydrogen) atoms. The topological polar surface area (TPSA) is 69.6 Å². The number of aryl methyl sites for hydroxylation is 2. The van der Waals surface area contributed by atoms with Crippen LogP contribution < -0.4 is 4.90 Å². The molecule has 0 radical (unpaired) electrons. The van der Waals surface area contributed by atoms with E-state index in [4.69, 9.17) is 0 Å². The van der Waals surface area contributed by atoms with Crippen LogP contribution in [0.15, 0.2) is 6.20 Å². The molecule has 1 saturated carbocycles. The predicted molar refractivity (Wildman–Crippen MR) is 116 cm³/mol. The Morgan fingerprint density at radius 2 is 1.80 bits per heavy atom. The van der Waals surface area contributed by atoms with Gasteiger partial charge in [0.05, 0.1) is 17.3 Å². The number of hydrogen-bond acceptors (Lipinski definition) is 5. The molecule has 4 rings (SSSR count). The monoisotopic (exact) mass is 413 g/mol. The zero-order valence-corrected chi connectivity index (χ0v) is 18.5. The van der Waals surface area contributed by atoms with Crippen molar-refractivity contribution >= 4 is 17.6 Å². The summed E-state index contributed by atoms with van der Waals surface area (Å²) in [6, 6.07) is 0. The normalized spacial score (nSPS) is 23.7. The van der Waals surface area contributed by atoms with Crippen molar-refractivity contribution in [1.82, 2.24) is 19.8 Å². The van der Waals surface area contributed by atoms with E-state index >= 15 is 0 Å². The molecule has 3 heterocycles. The number of carbonyl (C=O) groups excluding carboxylic acids is 2. The van der Waals surface area contributed by atoms with Crippen LogP contribution in [0.4, 0.5) is 5.82 Å². The minimum absolute atomic E-state index is 0.0432. The first-order chi connectivity index (χ1) is 14.5. The van der Waals surface area contributed by atoms with Gasteiger partial charge in [0.25, 0.3) is 0 Å². The summed E-state index contributed by atoms with van der Waals surface area (Å²) in [6.07, 6.45) is 9.35. The third-order valence-corrected chi connectivity index (χ3v) is 6.99. The number of anilines is 1. The molecular weight excluding hydrogens is 378 g/mol. The van der Waals surface area contributed by atoms with Crippen LogP contribution >= 0.6 is 0 Å². The summed E-state index contributed by atoms with van der Waals surface area (Å²) in [5.41, 5.74) is 1.85. The summed E-state index contributed by atoms with van der Waals surface area (Å²) in [5, 5.41) is 0. The zero-order chi connectivity index (χ0) is 21.1. The molecule has 0 spiro atoms. The second-order valence-corrected chi connectivity index (χ2v) is 9.27. The van der Waals surface area contributed by atoms with E-state index in [1.54, 1.807) is 6.20 Å². The molecule has 3 aliphatic rings. The lowest BCUT2D eigenvalue weighted by Crippen LogP contribution is -2.54. The summed E-state index contributed by atoms with van der Waals surface area (Å²) in [4.78, 5) is 40.9. The Morgan fingerprint density at radius 1 is 1.07 bits per heavy atom. The van der Waals surface area contributed by atoms with Crippen LogP contribution in [0.5, 0.6) is 0 Å². The van der Waals surface area contributed by atoms with Crippen molar-refractivity contribution in [1.29, 1.82) is 0 Å². The summed E-state index contributed by atoms with van der Waals surface area (Å²) >= 11 is 0. The van der Waals surface area contributed by atoms with Crippen LogP contribution in [0.3, 0.4) is 0 Å². The van der Waals surface area contributed by atoms with Gasteiger partial charge in [-0.1, -0.05) is 19.3 Å². The summed E-state index contributed by atoms with van der Waals surface area (Å²) in [7, 11) is 0. The Kier molecular flexibility index (Phi) is 6.54. The number of likely N-dealkylation sites (tertiary alicyclic amines) is 1. The number of rotatable bonds is 4. The van der Waals surface area contributed by atoms with Crippen LogP contribution in [0, 0.1) is 25.7 Å². The molecule has 1 aliphatic carbocycles. The third-order valence-electron chi connectivity index (χ3n) is 6.99. The van der Waals surface area contributed by atoms with Gasteiger partial charge < -0.3 is 14.7 Å². The highest BCUT2D eigenvalue weighted by molar-refractivity contribution is 5.84. The summed E-state index contributed by atoms with van der Waals surface area (Å²) in [6.45, 7) is 8.38. The Balaban J connectivity index is 1.32. The van der Waals surface area contributed by atoms with E-state index in [-0.39, 0.29) is 17.7 Å². The first kappa shape index (κ1) is 21.1. The highest BCUT2D eigenvalue weighted by Crippen LogP contribution is 2.28. The number of piperidine rings is 1. The average Bonchev–Trinajstić information content (AvgIpc) is 2.77. The van der Waals surface area contributed by atoms with Gasteiger partial charge in [-0.25, -0.2) is 4.98 Å². The highest BCUT2D eigenvalue weighted by Gasteiger charge is 2.35. The van der Waals surface area contributed by atoms with Crippen LogP contribution in [-0.4, -0.2) is 70.9 Å². The zero-order valence-electron chi connectivity index (χ0n) is 18.5. The lowest BCUT2D eigenvalue weighted by Gasteiger charge is -2.40. The number of aromatic nitrogens is 2. The molecule has 2 aliphatic heterocycles. The van der Waals surface area contributed by atoms with Crippen molar-refractivity contribution in [2.24, 2.45) is 11.8 Å². The molecular formula is C23H35N5O2. The number of carbonyl (C=O) groups is 2. The Labute approximate surface area is 179 Å². The summed E-state index contributed by atoms with van der Waals surface area (Å²) in [5.74, 6) is 1.98. The van der Waals surface area contributed by atoms with Crippen molar-refractivity contribution in [2.75, 3.05) is 44.2 Å². The number of amides is 2. The first-order valence-electron chi connectivity index (χ1n) is 11.6. The van der Waals surface area contributed by atoms with Crippen molar-refractivity contribution in [3.05, 3.63) is 17.6 Å². The van der Waals surface area contributed by atoms with E-state index in [1.807, 2.05) is 23.6 Å². The molecule has 2 saturated heterocycles. The van der Waals surface area contributed by atoms with Gasteiger partial charge >= 0.3 is 0 Å². The molecule has 164 valence electrons. The second-order valence-electron chi connectivity index (χ2n) is 9.27. The van der Waals surface area contributed by atoms with Gasteiger partial charge in [0.15, 0.2) is 0 Å². The predicted octanol–water partition coefficient (Wildman–Crippen LogP) is 2.56. The first-order valence-corrected chi connectivity index (χ1v) is 11.6. The molecule has 7 heteroatoms. The van der Waals surface area contributed by atoms with Crippen LogP contribution in [0.1, 0.15) is 56.3 Å². The fourth-order valence-corrected chi connectivity index (χ4v) is 5.20. The second kappa shape index (κ2) is 9.31. The average molecular weight is 414 g/mol. The quantitative estimate of drug-likeness (QED) is 0.759. The van der Waals surface area contributed by atoms with Gasteiger partial charge in [-0.05, 0) is 39.0 Å². The summed E-state index contributed by atoms with van der Waals surface area (Å²) < 4.78 is 0. The van der Waals surface area contributed by atoms with Crippen molar-refractivity contribution in [3.8, 4) is 0 Å². The molecule has 0 unspecified atom stereocenters. The maximum Gasteiger partial charge on any atom is 0.227 e. The molecule has 1 aromatic rings. The molecule has 1 atom stereocenters. The Hall–Kier alpha value is -2.18. The molecule has 7 nitrogen and oxygen atoms in total. The maximum absolute atomic E-state index is 13.2. The van der Waals surface area contributed by atoms with Gasteiger partial charge in [-0.2, -0.15) is 0 Å². The maximum atomic E-state index is 13.2. The standard InChI is InChI=1S/C23H35N5O2/c1-17-14-24-18(2)22(25-17)26-10-12-27(13-11-26)23(30)20-8-9-21(29)28(16-20)15-19-6-4-3-5-7-19/h14,19-20H,3-13,15-16H2,1-2H3/t20-/m1/s1. The van der Waals surface area contributed by atoms with E-state index in [1.165, 1.54) is 32.1 Å². The van der Waals surface area contributed by atoms with Gasteiger partial charge in [0, 0.05) is 51.9 Å². The molecule has 1 aromatic heterocycles. The van der Waals surface area contributed by atoms with Crippen LogP contribution in [0.25, 0.3) is 0 Å². The molecule has 2 amide bonds. The van der Waals surface area contributed by atoms with Crippen LogP contribution in [0.2, 0.25) is 0 Å². The Bertz CT molecular complexity index is 769. The molecule has 3 fully saturated rings. The lowest BCUT2D eigenvalue weighted by molar-refractivity contribution is -0.143. The highest BCUT2D eigenvalue weighted by atomic mass is 16.2. The SMILES string of the molecule is Cc1cnc(C)c(N2CCN(C(=O)[C@@H]3CCC(=O)N(CC4CCCCC4)C3)CC2)n1. The van der Waals surface area contributed by atoms with Gasteiger partial charge in [-0.15, -0.1) is 0 Å². The molecule has 0 bridgehead atoms. The fourth-order valence-electron chi connectivity index (χ4n) is 5.20. The van der Waals surface area contributed by atoms with E-state index in [9.17, 15) is 9.59 Å². The van der Waals surface area contributed by atoms with E-state index < -0.39 is 0 Å². The van der Waals surface area contributed by atoms with Crippen molar-refractivity contribution in [3.63, 3.8) is 0 Å². The largest absolute Gasteiger partial charge is 0.352 e. The minimum Gasteiger partial charge on any atom is -0.352 e. The van der Waals surface area contributed by atoms with Crippen LogP contribution in [-0.2, 0) is 9.59 Å². The van der Waals surface area contributed by atoms with E-state index in [2.05, 4.69) is 14.9 Å². The molecule has 0 aromatic carbocycles. The Morgan fingerprint density at radius 3 is 2.53 bits per heavy atom. The number of nitrogens with zero attached hydrogens (tertiary/aromatic N) is 5. The van der Waals surface area contributed by atoms with E-state index in [0.29, 0.717) is 38.4 Å². The van der Waals surface area contributed by atoms with Crippen molar-refractivity contribution in [2.45, 2.75) is 58.8 Å². The smallest absolute Gasteiger partial charge is 0.227 e. The minimum atomic E-state index is -0.0432. The van der Waals surface area contributed by atoms with E-state index in [0.717, 1.165) is 36.8 Å². The number of piperazine rings is 1. The van der Waals surface area contributed by atoms with Gasteiger partial charge in [0.2, 0.25) is 11.8 Å². The molecule has 0 N–H and O–H groups in total. The lowest BCUT2D eigenvalue weighted by atomic mass is 9.87. The van der Waals surface area contributed by atoms with Gasteiger partial charge in [0.1, 0.15) is 5.82 Å². The van der Waals surface area contributed by atoms with Gasteiger partial charge in [-0.3, -0.25) is 14.6 Å². The fraction of sp³-hybridized carbons (Fsp3) is 0.739. The number of hydrogen-bond donors (Lipinski definition) is 0. The third kappa shape index (κ3) is 4.76.